The topological polar surface area (TPSA) is 26.3 Å². The molecule has 26 heavy (non-hydrogen) atoms. The maximum atomic E-state index is 13.4. The van der Waals surface area contributed by atoms with Gasteiger partial charge in [-0.25, -0.2) is 0 Å². The molecule has 3 aromatic rings. The van der Waals surface area contributed by atoms with E-state index >= 15 is 0 Å². The molecule has 0 bridgehead atoms. The summed E-state index contributed by atoms with van der Waals surface area (Å²) in [5, 5.41) is 1.96. The van der Waals surface area contributed by atoms with Gasteiger partial charge in [0.2, 0.25) is 0 Å². The first-order chi connectivity index (χ1) is 12.7. The van der Waals surface area contributed by atoms with Gasteiger partial charge in [-0.15, -0.1) is 11.3 Å². The first-order valence-corrected chi connectivity index (χ1v) is 9.56. The molecular formula is C23H20O2S. The molecule has 2 nitrogen and oxygen atoms in total. The van der Waals surface area contributed by atoms with E-state index in [9.17, 15) is 4.79 Å². The molecule has 3 heteroatoms. The van der Waals surface area contributed by atoms with Crippen molar-refractivity contribution in [1.29, 1.82) is 0 Å². The number of carbonyl (C=O) groups excluding carboxylic acids is 1. The van der Waals surface area contributed by atoms with Crippen LogP contribution < -0.4 is 4.74 Å². The van der Waals surface area contributed by atoms with Gasteiger partial charge >= 0.3 is 0 Å². The maximum Gasteiger partial charge on any atom is 0.181 e. The van der Waals surface area contributed by atoms with Crippen LogP contribution in [0.15, 0.2) is 66.1 Å². The summed E-state index contributed by atoms with van der Waals surface area (Å²) < 4.78 is 5.28. The van der Waals surface area contributed by atoms with Gasteiger partial charge in [-0.2, -0.15) is 0 Å². The lowest BCUT2D eigenvalue weighted by atomic mass is 9.73. The Balaban J connectivity index is 1.82. The van der Waals surface area contributed by atoms with E-state index in [1.54, 1.807) is 7.11 Å². The van der Waals surface area contributed by atoms with Crippen molar-refractivity contribution in [2.75, 3.05) is 7.11 Å². The van der Waals surface area contributed by atoms with E-state index in [0.29, 0.717) is 0 Å². The molecule has 0 saturated carbocycles. The number of benzene rings is 2. The van der Waals surface area contributed by atoms with Crippen molar-refractivity contribution in [3.05, 3.63) is 93.2 Å². The number of aryl methyl sites for hydroxylation is 1. The predicted molar refractivity (Wildman–Crippen MR) is 107 cm³/mol. The number of hydrogen-bond acceptors (Lipinski definition) is 3. The summed E-state index contributed by atoms with van der Waals surface area (Å²) in [5.74, 6) is 0.828. The molecule has 0 amide bonds. The van der Waals surface area contributed by atoms with Crippen LogP contribution in [0.5, 0.6) is 5.75 Å². The zero-order valence-electron chi connectivity index (χ0n) is 14.8. The second-order valence-electron chi connectivity index (χ2n) is 6.61. The fourth-order valence-corrected chi connectivity index (χ4v) is 4.34. The third-order valence-corrected chi connectivity index (χ3v) is 5.85. The van der Waals surface area contributed by atoms with E-state index in [1.165, 1.54) is 16.9 Å². The quantitative estimate of drug-likeness (QED) is 0.546. The van der Waals surface area contributed by atoms with Gasteiger partial charge in [-0.1, -0.05) is 54.1 Å². The number of rotatable bonds is 4. The summed E-state index contributed by atoms with van der Waals surface area (Å²) in [7, 11) is 1.66. The molecular weight excluding hydrogens is 340 g/mol. The van der Waals surface area contributed by atoms with E-state index in [-0.39, 0.29) is 17.6 Å². The van der Waals surface area contributed by atoms with E-state index in [2.05, 4.69) is 49.4 Å². The highest BCUT2D eigenvalue weighted by atomic mass is 32.1. The van der Waals surface area contributed by atoms with Crippen molar-refractivity contribution < 1.29 is 9.53 Å². The first-order valence-electron chi connectivity index (χ1n) is 8.68. The van der Waals surface area contributed by atoms with E-state index in [0.717, 1.165) is 27.3 Å². The van der Waals surface area contributed by atoms with Crippen molar-refractivity contribution in [1.82, 2.24) is 0 Å². The average molecular weight is 360 g/mol. The Labute approximate surface area is 157 Å². The monoisotopic (exact) mass is 360 g/mol. The van der Waals surface area contributed by atoms with Crippen LogP contribution in [-0.4, -0.2) is 12.9 Å². The lowest BCUT2D eigenvalue weighted by Gasteiger charge is -2.29. The molecule has 0 radical (unpaired) electrons. The van der Waals surface area contributed by atoms with Crippen LogP contribution >= 0.6 is 11.3 Å². The minimum absolute atomic E-state index is 0.0183. The zero-order chi connectivity index (χ0) is 18.1. The highest BCUT2D eigenvalue weighted by Crippen LogP contribution is 2.43. The van der Waals surface area contributed by atoms with Crippen LogP contribution in [-0.2, 0) is 0 Å². The third kappa shape index (κ3) is 2.99. The van der Waals surface area contributed by atoms with Crippen molar-refractivity contribution >= 4 is 23.2 Å². The number of ether oxygens (including phenoxy) is 1. The highest BCUT2D eigenvalue weighted by Gasteiger charge is 2.34. The lowest BCUT2D eigenvalue weighted by molar-refractivity contribution is 0.0956. The molecule has 2 aromatic carbocycles. The second-order valence-corrected chi connectivity index (χ2v) is 7.56. The largest absolute Gasteiger partial charge is 0.497 e. The summed E-state index contributed by atoms with van der Waals surface area (Å²) in [6.45, 7) is 2.08. The van der Waals surface area contributed by atoms with Crippen LogP contribution in [0.25, 0.3) is 6.08 Å². The Morgan fingerprint density at radius 3 is 2.58 bits per heavy atom. The van der Waals surface area contributed by atoms with Crippen LogP contribution in [0.2, 0.25) is 0 Å². The van der Waals surface area contributed by atoms with Crippen LogP contribution in [0.3, 0.4) is 0 Å². The number of thiophene rings is 1. The summed E-state index contributed by atoms with van der Waals surface area (Å²) >= 11 is 1.51. The van der Waals surface area contributed by atoms with Crippen LogP contribution in [0, 0.1) is 6.92 Å². The Morgan fingerprint density at radius 1 is 1.08 bits per heavy atom. The summed E-state index contributed by atoms with van der Waals surface area (Å²) in [5.41, 5.74) is 4.56. The molecule has 1 aliphatic carbocycles. The number of allylic oxidation sites excluding steroid dienone is 1. The normalized spacial score (nSPS) is 18.4. The molecule has 4 rings (SSSR count). The minimum Gasteiger partial charge on any atom is -0.497 e. The minimum atomic E-state index is -0.207. The number of ketones is 1. The second kappa shape index (κ2) is 6.93. The van der Waals surface area contributed by atoms with Gasteiger partial charge in [0.05, 0.1) is 17.9 Å². The fraction of sp³-hybridized carbons (Fsp3) is 0.174. The summed E-state index contributed by atoms with van der Waals surface area (Å²) in [6.07, 6.45) is 4.30. The van der Waals surface area contributed by atoms with Gasteiger partial charge in [-0.05, 0) is 47.2 Å². The Hall–Kier alpha value is -2.65. The van der Waals surface area contributed by atoms with Gasteiger partial charge in [0.15, 0.2) is 5.78 Å². The smallest absolute Gasteiger partial charge is 0.181 e. The molecule has 0 fully saturated rings. The standard InChI is InChI=1S/C23H20O2S/c1-15-5-6-17-9-12-19(16-7-10-18(25-2)11-8-16)22(20(17)14-15)23(24)21-4-3-13-26-21/h3-14,19,22H,1-2H3/t19-,22-/m0/s1. The highest BCUT2D eigenvalue weighted by molar-refractivity contribution is 7.12. The molecule has 0 saturated heterocycles. The fourth-order valence-electron chi connectivity index (χ4n) is 3.63. The Kier molecular flexibility index (Phi) is 4.48. The molecule has 1 aliphatic rings. The lowest BCUT2D eigenvalue weighted by Crippen LogP contribution is -2.22. The Bertz CT molecular complexity index is 952. The number of hydrogen-bond donors (Lipinski definition) is 0. The number of Topliss-reactive ketones (excluding diaryl/α,β-unsaturated/α-hetero) is 1. The SMILES string of the molecule is COc1ccc([C@@H]2C=Cc3ccc(C)cc3[C@H]2C(=O)c2cccs2)cc1. The van der Waals surface area contributed by atoms with E-state index in [1.807, 2.05) is 29.6 Å². The molecule has 130 valence electrons. The molecule has 0 spiro atoms. The third-order valence-electron chi connectivity index (χ3n) is 4.97. The van der Waals surface area contributed by atoms with Crippen molar-refractivity contribution in [3.8, 4) is 5.75 Å². The van der Waals surface area contributed by atoms with Gasteiger partial charge in [0, 0.05) is 5.92 Å². The van der Waals surface area contributed by atoms with Crippen molar-refractivity contribution in [2.45, 2.75) is 18.8 Å². The molecule has 2 atom stereocenters. The molecule has 0 unspecified atom stereocenters. The number of fused-ring (bicyclic) bond motifs is 1. The zero-order valence-corrected chi connectivity index (χ0v) is 15.6. The molecule has 0 N–H and O–H groups in total. The van der Waals surface area contributed by atoms with E-state index in [4.69, 9.17) is 4.74 Å². The first kappa shape index (κ1) is 16.8. The summed E-state index contributed by atoms with van der Waals surface area (Å²) in [6, 6.07) is 18.3. The maximum absolute atomic E-state index is 13.4. The summed E-state index contributed by atoms with van der Waals surface area (Å²) in [4.78, 5) is 14.2. The average Bonchev–Trinajstić information content (AvgIpc) is 3.21. The van der Waals surface area contributed by atoms with E-state index < -0.39 is 0 Å². The van der Waals surface area contributed by atoms with Crippen LogP contribution in [0.1, 0.15) is 43.8 Å². The molecule has 1 aromatic heterocycles. The van der Waals surface area contributed by atoms with Crippen LogP contribution in [0.4, 0.5) is 0 Å². The molecule has 1 heterocycles. The van der Waals surface area contributed by atoms with Gasteiger partial charge < -0.3 is 4.74 Å². The molecule has 0 aliphatic heterocycles. The number of carbonyl (C=O) groups is 1. The predicted octanol–water partition coefficient (Wildman–Crippen LogP) is 5.84. The van der Waals surface area contributed by atoms with Gasteiger partial charge in [0.25, 0.3) is 0 Å². The van der Waals surface area contributed by atoms with Gasteiger partial charge in [-0.3, -0.25) is 4.79 Å². The van der Waals surface area contributed by atoms with Crippen molar-refractivity contribution in [2.24, 2.45) is 0 Å². The number of methoxy groups -OCH3 is 1. The Morgan fingerprint density at radius 2 is 1.88 bits per heavy atom. The van der Waals surface area contributed by atoms with Crippen molar-refractivity contribution in [3.63, 3.8) is 0 Å². The van der Waals surface area contributed by atoms with Gasteiger partial charge in [0.1, 0.15) is 5.75 Å².